The van der Waals surface area contributed by atoms with Gasteiger partial charge in [-0.3, -0.25) is 0 Å². The first-order chi connectivity index (χ1) is 22.4. The molecule has 6 aliphatic rings. The van der Waals surface area contributed by atoms with E-state index in [1.165, 1.54) is 98.9 Å². The summed E-state index contributed by atoms with van der Waals surface area (Å²) in [6.07, 6.45) is 9.83. The average molecular weight is 745 g/mol. The van der Waals surface area contributed by atoms with E-state index in [0.717, 1.165) is 0 Å². The molecule has 0 bridgehead atoms. The largest absolute Gasteiger partial charge is 0.317 e. The Labute approximate surface area is 296 Å². The van der Waals surface area contributed by atoms with Crippen molar-refractivity contribution in [2.75, 3.05) is 9.80 Å². The molecule has 2 nitrogen and oxygen atoms in total. The maximum absolute atomic E-state index is 4.16. The highest BCUT2D eigenvalue weighted by atomic mass is 79.9. The van der Waals surface area contributed by atoms with E-state index >= 15 is 0 Å². The molecular weight excluding hydrogens is 704 g/mol. The molecule has 236 valence electrons. The molecule has 2 heterocycles. The predicted molar refractivity (Wildman–Crippen MR) is 205 cm³/mol. The highest BCUT2D eigenvalue weighted by Crippen LogP contribution is 2.60. The molecule has 47 heavy (non-hydrogen) atoms. The Morgan fingerprint density at radius 3 is 1.23 bits per heavy atom. The Morgan fingerprint density at radius 2 is 0.872 bits per heavy atom. The Balaban J connectivity index is 1.31. The van der Waals surface area contributed by atoms with E-state index in [1.54, 1.807) is 0 Å². The van der Waals surface area contributed by atoms with Crippen LogP contribution in [0.1, 0.15) is 55.4 Å². The van der Waals surface area contributed by atoms with E-state index in [4.69, 9.17) is 0 Å². The normalized spacial score (nSPS) is 23.9. The standard InChI is InChI=1S/C43H40Br2N2/c1-23-19-33-31(21-35-37(41(33)44)25(3)27(5)46(35)29-15-11-9-12-16-29)39(23)43(7,8)40-24(2)20-34-32(40)22-36-38(42(34)45)26(4)28(6)47(36)30-17-13-10-14-18-30/h9-22,37-38H,1-8H3. The minimum atomic E-state index is -0.245. The van der Waals surface area contributed by atoms with Crippen LogP contribution in [0, 0.1) is 17.3 Å². The molecule has 0 N–H and O–H groups in total. The Kier molecular flexibility index (Phi) is 6.99. The summed E-state index contributed by atoms with van der Waals surface area (Å²) < 4.78 is 2.54. The van der Waals surface area contributed by atoms with E-state index in [2.05, 4.69) is 182 Å². The van der Waals surface area contributed by atoms with Crippen LogP contribution in [-0.2, 0) is 0 Å². The lowest BCUT2D eigenvalue weighted by molar-refractivity contribution is 0.549. The van der Waals surface area contributed by atoms with Gasteiger partial charge in [-0.1, -0.05) is 94.3 Å². The number of hydrogen-bond donors (Lipinski definition) is 0. The van der Waals surface area contributed by atoms with Gasteiger partial charge in [0, 0.05) is 48.5 Å². The number of nitrogens with zero attached hydrogens (tertiary/aromatic N) is 2. The zero-order chi connectivity index (χ0) is 33.1. The minimum absolute atomic E-state index is 0.228. The van der Waals surface area contributed by atoms with E-state index in [-0.39, 0.29) is 17.3 Å². The predicted octanol–water partition coefficient (Wildman–Crippen LogP) is 12.5. The van der Waals surface area contributed by atoms with Crippen LogP contribution in [0.15, 0.2) is 172 Å². The van der Waals surface area contributed by atoms with Crippen molar-refractivity contribution in [3.8, 4) is 0 Å². The number of rotatable bonds is 4. The number of benzene rings is 2. The van der Waals surface area contributed by atoms with Crippen LogP contribution in [0.25, 0.3) is 0 Å². The summed E-state index contributed by atoms with van der Waals surface area (Å²) in [5.74, 6) is 0.456. The van der Waals surface area contributed by atoms with E-state index in [9.17, 15) is 0 Å². The van der Waals surface area contributed by atoms with Crippen molar-refractivity contribution >= 4 is 43.2 Å². The molecule has 0 spiro atoms. The summed E-state index contributed by atoms with van der Waals surface area (Å²) in [6, 6.07) is 21.6. The average Bonchev–Trinajstić information content (AvgIpc) is 3.73. The molecular formula is C43H40Br2N2. The summed E-state index contributed by atoms with van der Waals surface area (Å²) in [6.45, 7) is 18.6. The fraction of sp³-hybridized carbons (Fsp3) is 0.256. The van der Waals surface area contributed by atoms with Crippen molar-refractivity contribution < 1.29 is 0 Å². The highest BCUT2D eigenvalue weighted by molar-refractivity contribution is 9.12. The third-order valence-corrected chi connectivity index (χ3v) is 13.1. The maximum atomic E-state index is 4.16. The van der Waals surface area contributed by atoms with Crippen LogP contribution < -0.4 is 9.80 Å². The molecule has 0 aromatic heterocycles. The zero-order valence-corrected chi connectivity index (χ0v) is 31.6. The Hall–Kier alpha value is -3.60. The third kappa shape index (κ3) is 4.20. The van der Waals surface area contributed by atoms with Crippen molar-refractivity contribution in [3.63, 3.8) is 0 Å². The van der Waals surface area contributed by atoms with E-state index in [0.29, 0.717) is 0 Å². The van der Waals surface area contributed by atoms with Gasteiger partial charge in [0.25, 0.3) is 0 Å². The van der Waals surface area contributed by atoms with Gasteiger partial charge in [0.2, 0.25) is 0 Å². The molecule has 0 fully saturated rings. The first kappa shape index (κ1) is 30.7. The molecule has 0 amide bonds. The fourth-order valence-electron chi connectivity index (χ4n) is 9.15. The summed E-state index contributed by atoms with van der Waals surface area (Å²) in [5, 5.41) is 0. The van der Waals surface area contributed by atoms with Crippen molar-refractivity contribution in [3.05, 3.63) is 172 Å². The number of para-hydroxylation sites is 2. The van der Waals surface area contributed by atoms with Gasteiger partial charge in [0.15, 0.2) is 0 Å². The topological polar surface area (TPSA) is 6.48 Å². The lowest BCUT2D eigenvalue weighted by Crippen LogP contribution is -2.24. The van der Waals surface area contributed by atoms with E-state index in [1.807, 2.05) is 0 Å². The van der Waals surface area contributed by atoms with Crippen LogP contribution in [0.3, 0.4) is 0 Å². The zero-order valence-electron chi connectivity index (χ0n) is 28.4. The van der Waals surface area contributed by atoms with Gasteiger partial charge in [-0.2, -0.15) is 0 Å². The van der Waals surface area contributed by atoms with Crippen LogP contribution in [0.2, 0.25) is 0 Å². The van der Waals surface area contributed by atoms with Gasteiger partial charge in [0.05, 0.1) is 11.8 Å². The van der Waals surface area contributed by atoms with Crippen molar-refractivity contribution in [1.29, 1.82) is 0 Å². The second-order valence-corrected chi connectivity index (χ2v) is 16.0. The molecule has 0 saturated carbocycles. The highest BCUT2D eigenvalue weighted by Gasteiger charge is 2.46. The molecule has 2 atom stereocenters. The molecule has 2 aliphatic heterocycles. The van der Waals surface area contributed by atoms with Gasteiger partial charge in [0.1, 0.15) is 0 Å². The quantitative estimate of drug-likeness (QED) is 0.308. The number of fused-ring (bicyclic) bond motifs is 4. The number of halogens is 2. The number of anilines is 2. The summed E-state index contributed by atoms with van der Waals surface area (Å²) in [4.78, 5) is 4.93. The van der Waals surface area contributed by atoms with Crippen molar-refractivity contribution in [1.82, 2.24) is 0 Å². The molecule has 4 heteroatoms. The fourth-order valence-corrected chi connectivity index (χ4v) is 11.0. The van der Waals surface area contributed by atoms with Crippen molar-refractivity contribution in [2.24, 2.45) is 17.3 Å². The van der Waals surface area contributed by atoms with Crippen molar-refractivity contribution in [2.45, 2.75) is 55.4 Å². The maximum Gasteiger partial charge on any atom is 0.0545 e. The molecule has 2 unspecified atom stereocenters. The number of hydrogen-bond acceptors (Lipinski definition) is 2. The molecule has 2 aromatic carbocycles. The summed E-state index contributed by atoms with van der Waals surface area (Å²) in [5.41, 5.74) is 21.1. The summed E-state index contributed by atoms with van der Waals surface area (Å²) in [7, 11) is 0. The van der Waals surface area contributed by atoms with Gasteiger partial charge in [-0.25, -0.2) is 0 Å². The lowest BCUT2D eigenvalue weighted by Gasteiger charge is -2.35. The molecule has 4 aliphatic carbocycles. The summed E-state index contributed by atoms with van der Waals surface area (Å²) >= 11 is 8.33. The SMILES string of the molecule is CC1=CC2=C(Br)C3C(=CC2=C1C(C)(C)C1=C2C=C4C(C(C)=C(C)N4c4ccccc4)C(Br)=C2C=C1C)N(c1ccccc1)C(C)=C3C. The molecule has 8 rings (SSSR count). The Morgan fingerprint density at radius 1 is 0.511 bits per heavy atom. The second kappa shape index (κ2) is 10.7. The Bertz CT molecular complexity index is 1970. The lowest BCUT2D eigenvalue weighted by atomic mass is 9.70. The van der Waals surface area contributed by atoms with Crippen LogP contribution in [-0.4, -0.2) is 0 Å². The van der Waals surface area contributed by atoms with Crippen LogP contribution >= 0.6 is 31.9 Å². The molecule has 0 saturated heterocycles. The van der Waals surface area contributed by atoms with Crippen LogP contribution in [0.4, 0.5) is 11.4 Å². The third-order valence-electron chi connectivity index (χ3n) is 11.3. The smallest absolute Gasteiger partial charge is 0.0545 e. The first-order valence-corrected chi connectivity index (χ1v) is 18.2. The van der Waals surface area contributed by atoms with Gasteiger partial charge >= 0.3 is 0 Å². The van der Waals surface area contributed by atoms with Gasteiger partial charge < -0.3 is 9.80 Å². The van der Waals surface area contributed by atoms with Gasteiger partial charge in [-0.15, -0.1) is 0 Å². The molecule has 0 radical (unpaired) electrons. The monoisotopic (exact) mass is 742 g/mol. The number of allylic oxidation sites excluding steroid dienone is 16. The first-order valence-electron chi connectivity index (χ1n) is 16.6. The van der Waals surface area contributed by atoms with E-state index < -0.39 is 0 Å². The second-order valence-electron chi connectivity index (χ2n) is 14.3. The minimum Gasteiger partial charge on any atom is -0.317 e. The molecule has 2 aromatic rings. The van der Waals surface area contributed by atoms with Gasteiger partial charge in [-0.05, 0) is 134 Å². The van der Waals surface area contributed by atoms with Crippen LogP contribution in [0.5, 0.6) is 0 Å².